The molecule has 1 aliphatic rings. The molecule has 1 aromatic carbocycles. The molecular formula is C16H20N4O2S. The highest BCUT2D eigenvalue weighted by Crippen LogP contribution is 2.21. The number of anilines is 1. The molecule has 1 aliphatic heterocycles. The van der Waals surface area contributed by atoms with Crippen molar-refractivity contribution in [3.8, 4) is 0 Å². The van der Waals surface area contributed by atoms with Gasteiger partial charge in [0.15, 0.2) is 9.84 Å². The first-order valence-electron chi connectivity index (χ1n) is 7.55. The lowest BCUT2D eigenvalue weighted by molar-refractivity contribution is 0.221. The summed E-state index contributed by atoms with van der Waals surface area (Å²) in [7, 11) is -2.94. The number of aromatic nitrogens is 2. The van der Waals surface area contributed by atoms with E-state index in [-0.39, 0.29) is 17.5 Å². The number of hydrogen-bond donors (Lipinski definition) is 1. The van der Waals surface area contributed by atoms with Crippen LogP contribution in [0.15, 0.2) is 36.9 Å². The first kappa shape index (κ1) is 15.9. The number of rotatable bonds is 5. The molecule has 2 aromatic rings. The molecule has 6 nitrogen and oxygen atoms in total. The van der Waals surface area contributed by atoms with Crippen molar-refractivity contribution in [1.82, 2.24) is 14.9 Å². The lowest BCUT2D eigenvalue weighted by Gasteiger charge is -2.26. The molecule has 3 rings (SSSR count). The van der Waals surface area contributed by atoms with Gasteiger partial charge >= 0.3 is 0 Å². The van der Waals surface area contributed by atoms with Gasteiger partial charge in [-0.05, 0) is 18.6 Å². The average Bonchev–Trinajstić information content (AvgIpc) is 2.87. The van der Waals surface area contributed by atoms with E-state index in [2.05, 4.69) is 21.4 Å². The fourth-order valence-corrected chi connectivity index (χ4v) is 4.74. The molecule has 0 unspecified atom stereocenters. The number of sulfone groups is 1. The monoisotopic (exact) mass is 332 g/mol. The van der Waals surface area contributed by atoms with Crippen LogP contribution in [-0.2, 0) is 16.4 Å². The van der Waals surface area contributed by atoms with Crippen LogP contribution < -0.4 is 5.73 Å². The van der Waals surface area contributed by atoms with Gasteiger partial charge in [-0.2, -0.15) is 0 Å². The van der Waals surface area contributed by atoms with Gasteiger partial charge in [-0.15, -0.1) is 6.58 Å². The van der Waals surface area contributed by atoms with E-state index in [1.54, 1.807) is 6.08 Å². The van der Waals surface area contributed by atoms with Crippen molar-refractivity contribution in [1.29, 1.82) is 0 Å². The van der Waals surface area contributed by atoms with Crippen molar-refractivity contribution in [2.45, 2.75) is 19.0 Å². The molecule has 0 saturated carbocycles. The fraction of sp³-hybridized carbons (Fsp3) is 0.375. The van der Waals surface area contributed by atoms with Gasteiger partial charge in [-0.25, -0.2) is 18.4 Å². The van der Waals surface area contributed by atoms with E-state index in [1.807, 2.05) is 24.3 Å². The minimum absolute atomic E-state index is 0.0192. The van der Waals surface area contributed by atoms with Crippen molar-refractivity contribution in [3.63, 3.8) is 0 Å². The highest BCUT2D eigenvalue weighted by atomic mass is 32.2. The Kier molecular flexibility index (Phi) is 4.32. The third kappa shape index (κ3) is 3.51. The fourth-order valence-electron chi connectivity index (χ4n) is 2.98. The standard InChI is InChI=1S/C16H20N4O2S/c1-2-8-20(12-7-9-23(21,22)11-12)10-15-18-14-6-4-3-5-13(14)16(17)19-15/h2-6,12H,1,7-11H2,(H2,17,18,19)/t12-/m0/s1. The molecule has 0 amide bonds. The second kappa shape index (κ2) is 6.25. The van der Waals surface area contributed by atoms with Gasteiger partial charge < -0.3 is 5.73 Å². The predicted octanol–water partition coefficient (Wildman–Crippen LogP) is 1.39. The van der Waals surface area contributed by atoms with Crippen LogP contribution in [0.5, 0.6) is 0 Å². The van der Waals surface area contributed by atoms with Crippen LogP contribution in [-0.4, -0.2) is 47.4 Å². The maximum Gasteiger partial charge on any atom is 0.151 e. The van der Waals surface area contributed by atoms with Crippen molar-refractivity contribution in [2.75, 3.05) is 23.8 Å². The normalized spacial score (nSPS) is 20.1. The number of nitrogens with two attached hydrogens (primary N) is 1. The maximum absolute atomic E-state index is 11.7. The first-order chi connectivity index (χ1) is 11.0. The van der Waals surface area contributed by atoms with E-state index in [1.165, 1.54) is 0 Å². The Labute approximate surface area is 136 Å². The predicted molar refractivity (Wildman–Crippen MR) is 91.6 cm³/mol. The van der Waals surface area contributed by atoms with Gasteiger partial charge in [0.05, 0.1) is 23.6 Å². The zero-order chi connectivity index (χ0) is 16.4. The average molecular weight is 332 g/mol. The van der Waals surface area contributed by atoms with Crippen LogP contribution in [0.1, 0.15) is 12.2 Å². The summed E-state index contributed by atoms with van der Waals surface area (Å²) in [6.45, 7) is 4.81. The van der Waals surface area contributed by atoms with Gasteiger partial charge in [0.1, 0.15) is 11.6 Å². The molecular weight excluding hydrogens is 312 g/mol. The van der Waals surface area contributed by atoms with Crippen LogP contribution in [0.4, 0.5) is 5.82 Å². The Morgan fingerprint density at radius 3 is 2.83 bits per heavy atom. The number of hydrogen-bond acceptors (Lipinski definition) is 6. The number of nitrogens with zero attached hydrogens (tertiary/aromatic N) is 3. The minimum atomic E-state index is -2.94. The Morgan fingerprint density at radius 1 is 1.35 bits per heavy atom. The quantitative estimate of drug-likeness (QED) is 0.832. The van der Waals surface area contributed by atoms with Crippen LogP contribution in [0, 0.1) is 0 Å². The first-order valence-corrected chi connectivity index (χ1v) is 9.37. The molecule has 2 heterocycles. The summed E-state index contributed by atoms with van der Waals surface area (Å²) >= 11 is 0. The van der Waals surface area contributed by atoms with Gasteiger partial charge in [0, 0.05) is 18.0 Å². The largest absolute Gasteiger partial charge is 0.383 e. The zero-order valence-electron chi connectivity index (χ0n) is 12.9. The molecule has 0 spiro atoms. The van der Waals surface area contributed by atoms with E-state index >= 15 is 0 Å². The van der Waals surface area contributed by atoms with Crippen molar-refractivity contribution < 1.29 is 8.42 Å². The molecule has 1 atom stereocenters. The summed E-state index contributed by atoms with van der Waals surface area (Å²) in [6.07, 6.45) is 2.41. The van der Waals surface area contributed by atoms with E-state index in [0.29, 0.717) is 31.2 Å². The molecule has 0 aliphatic carbocycles. The molecule has 23 heavy (non-hydrogen) atoms. The van der Waals surface area contributed by atoms with Crippen molar-refractivity contribution in [2.24, 2.45) is 0 Å². The SMILES string of the molecule is C=CCN(Cc1nc(N)c2ccccc2n1)[C@H]1CCS(=O)(=O)C1. The lowest BCUT2D eigenvalue weighted by Crippen LogP contribution is -2.36. The van der Waals surface area contributed by atoms with Crippen molar-refractivity contribution >= 4 is 26.6 Å². The maximum atomic E-state index is 11.7. The second-order valence-corrected chi connectivity index (χ2v) is 8.05. The van der Waals surface area contributed by atoms with E-state index in [9.17, 15) is 8.42 Å². The van der Waals surface area contributed by atoms with Gasteiger partial charge in [0.25, 0.3) is 0 Å². The third-order valence-corrected chi connectivity index (χ3v) is 5.86. The van der Waals surface area contributed by atoms with Crippen LogP contribution in [0.25, 0.3) is 10.9 Å². The highest BCUT2D eigenvalue weighted by molar-refractivity contribution is 7.91. The van der Waals surface area contributed by atoms with Gasteiger partial charge in [0.2, 0.25) is 0 Å². The molecule has 1 fully saturated rings. The molecule has 0 radical (unpaired) electrons. The molecule has 2 N–H and O–H groups in total. The molecule has 0 bridgehead atoms. The molecule has 122 valence electrons. The van der Waals surface area contributed by atoms with Crippen LogP contribution >= 0.6 is 0 Å². The zero-order valence-corrected chi connectivity index (χ0v) is 13.7. The molecule has 1 aromatic heterocycles. The topological polar surface area (TPSA) is 89.2 Å². The van der Waals surface area contributed by atoms with E-state index < -0.39 is 9.84 Å². The summed E-state index contributed by atoms with van der Waals surface area (Å²) in [5, 5.41) is 0.829. The van der Waals surface area contributed by atoms with Crippen LogP contribution in [0.3, 0.4) is 0 Å². The number of benzene rings is 1. The number of fused-ring (bicyclic) bond motifs is 1. The lowest BCUT2D eigenvalue weighted by atomic mass is 10.2. The second-order valence-electron chi connectivity index (χ2n) is 5.82. The van der Waals surface area contributed by atoms with Gasteiger partial charge in [-0.1, -0.05) is 18.2 Å². The van der Waals surface area contributed by atoms with Crippen molar-refractivity contribution in [3.05, 3.63) is 42.7 Å². The third-order valence-electron chi connectivity index (χ3n) is 4.11. The summed E-state index contributed by atoms with van der Waals surface area (Å²) in [5.41, 5.74) is 6.82. The Balaban J connectivity index is 1.87. The van der Waals surface area contributed by atoms with E-state index in [4.69, 9.17) is 5.73 Å². The number of nitrogen functional groups attached to an aromatic ring is 1. The Hall–Kier alpha value is -1.99. The van der Waals surface area contributed by atoms with E-state index in [0.717, 1.165) is 10.9 Å². The highest BCUT2D eigenvalue weighted by Gasteiger charge is 2.32. The Bertz CT molecular complexity index is 835. The minimum Gasteiger partial charge on any atom is -0.383 e. The summed E-state index contributed by atoms with van der Waals surface area (Å²) in [5.74, 6) is 1.48. The Morgan fingerprint density at radius 2 is 2.13 bits per heavy atom. The summed E-state index contributed by atoms with van der Waals surface area (Å²) < 4.78 is 23.5. The number of para-hydroxylation sites is 1. The molecule has 7 heteroatoms. The summed E-state index contributed by atoms with van der Waals surface area (Å²) in [6, 6.07) is 7.57. The summed E-state index contributed by atoms with van der Waals surface area (Å²) in [4.78, 5) is 11.0. The van der Waals surface area contributed by atoms with Gasteiger partial charge in [-0.3, -0.25) is 4.90 Å². The smallest absolute Gasteiger partial charge is 0.151 e. The van der Waals surface area contributed by atoms with Crippen LogP contribution in [0.2, 0.25) is 0 Å². The molecule has 1 saturated heterocycles.